The van der Waals surface area contributed by atoms with Crippen molar-refractivity contribution in [3.8, 4) is 0 Å². The molecule has 0 spiro atoms. The SMILES string of the molecule is COC(=O)CC1CCN(C(=O)c2cnc(Cl)c(Cc3cn(C)c4cc(C(F)(F)F)cc(C)c34)c2Cl)CC1. The Balaban J connectivity index is 1.61. The summed E-state index contributed by atoms with van der Waals surface area (Å²) in [6, 6.07) is 2.24. The van der Waals surface area contributed by atoms with E-state index in [0.717, 1.165) is 17.7 Å². The summed E-state index contributed by atoms with van der Waals surface area (Å²) in [4.78, 5) is 30.7. The molecule has 2 aromatic heterocycles. The van der Waals surface area contributed by atoms with Gasteiger partial charge in [-0.2, -0.15) is 13.2 Å². The Bertz CT molecular complexity index is 1360. The van der Waals surface area contributed by atoms with E-state index in [0.29, 0.717) is 54.4 Å². The molecule has 0 N–H and O–H groups in total. The molecule has 0 atom stereocenters. The number of alkyl halides is 3. The number of benzene rings is 1. The Kier molecular flexibility index (Phi) is 7.76. The molecule has 0 aliphatic carbocycles. The van der Waals surface area contributed by atoms with Crippen molar-refractivity contribution in [1.29, 1.82) is 0 Å². The number of carbonyl (C=O) groups is 2. The Morgan fingerprint density at radius 2 is 1.86 bits per heavy atom. The molecule has 11 heteroatoms. The van der Waals surface area contributed by atoms with Gasteiger partial charge in [0.25, 0.3) is 5.91 Å². The number of ether oxygens (including phenoxy) is 1. The second-order valence-corrected chi connectivity index (χ2v) is 10.1. The third kappa shape index (κ3) is 5.57. The molecule has 4 rings (SSSR count). The summed E-state index contributed by atoms with van der Waals surface area (Å²) in [7, 11) is 3.03. The van der Waals surface area contributed by atoms with Crippen LogP contribution in [0.15, 0.2) is 24.5 Å². The lowest BCUT2D eigenvalue weighted by Crippen LogP contribution is -2.39. The molecule has 1 aliphatic heterocycles. The number of methoxy groups -OCH3 is 1. The van der Waals surface area contributed by atoms with Gasteiger partial charge in [0, 0.05) is 61.8 Å². The van der Waals surface area contributed by atoms with Crippen molar-refractivity contribution >= 4 is 46.0 Å². The molecule has 0 radical (unpaired) electrons. The predicted octanol–water partition coefficient (Wildman–Crippen LogP) is 6.21. The molecule has 1 aromatic carbocycles. The van der Waals surface area contributed by atoms with Gasteiger partial charge in [0.1, 0.15) is 5.15 Å². The fraction of sp³-hybridized carbons (Fsp3) is 0.423. The first-order chi connectivity index (χ1) is 17.4. The molecular weight excluding hydrogens is 530 g/mol. The molecule has 3 heterocycles. The topological polar surface area (TPSA) is 64.4 Å². The maximum absolute atomic E-state index is 13.3. The fourth-order valence-electron chi connectivity index (χ4n) is 4.96. The average Bonchev–Trinajstić information content (AvgIpc) is 3.17. The number of aromatic nitrogens is 2. The van der Waals surface area contributed by atoms with Gasteiger partial charge in [-0.25, -0.2) is 4.98 Å². The van der Waals surface area contributed by atoms with Gasteiger partial charge in [-0.1, -0.05) is 23.2 Å². The molecule has 1 amide bonds. The van der Waals surface area contributed by atoms with E-state index in [4.69, 9.17) is 27.9 Å². The monoisotopic (exact) mass is 555 g/mol. The first-order valence-corrected chi connectivity index (χ1v) is 12.5. The molecule has 0 saturated carbocycles. The number of halogens is 5. The summed E-state index contributed by atoms with van der Waals surface area (Å²) < 4.78 is 46.4. The molecule has 1 aliphatic rings. The van der Waals surface area contributed by atoms with E-state index in [2.05, 4.69) is 4.98 Å². The number of aryl methyl sites for hydroxylation is 2. The summed E-state index contributed by atoms with van der Waals surface area (Å²) in [6.07, 6.45) is 0.481. The van der Waals surface area contributed by atoms with Crippen LogP contribution in [-0.2, 0) is 29.2 Å². The van der Waals surface area contributed by atoms with E-state index < -0.39 is 11.7 Å². The van der Waals surface area contributed by atoms with E-state index in [1.54, 1.807) is 29.6 Å². The number of pyridine rings is 1. The van der Waals surface area contributed by atoms with Crippen LogP contribution >= 0.6 is 23.2 Å². The predicted molar refractivity (Wildman–Crippen MR) is 135 cm³/mol. The molecule has 3 aromatic rings. The molecule has 0 unspecified atom stereocenters. The van der Waals surface area contributed by atoms with Gasteiger partial charge in [-0.05, 0) is 48.9 Å². The number of amides is 1. The van der Waals surface area contributed by atoms with Crippen molar-refractivity contribution in [3.63, 3.8) is 0 Å². The maximum atomic E-state index is 13.3. The number of nitrogens with zero attached hydrogens (tertiary/aromatic N) is 3. The number of carbonyl (C=O) groups excluding carboxylic acids is 2. The zero-order valence-corrected chi connectivity index (χ0v) is 22.1. The van der Waals surface area contributed by atoms with Crippen LogP contribution in [0.5, 0.6) is 0 Å². The standard InChI is InChI=1S/C26H26Cl2F3N3O3/c1-14-8-17(26(29,30)31)11-20-22(14)16(13-33(20)2)10-18-23(27)19(12-32-24(18)28)25(36)34-6-4-15(5-7-34)9-21(35)37-3/h8,11-13,15H,4-7,9-10H2,1-3H3. The molecule has 1 saturated heterocycles. The summed E-state index contributed by atoms with van der Waals surface area (Å²) >= 11 is 13.1. The third-order valence-electron chi connectivity index (χ3n) is 6.93. The molecule has 6 nitrogen and oxygen atoms in total. The lowest BCUT2D eigenvalue weighted by molar-refractivity contribution is -0.142. The third-order valence-corrected chi connectivity index (χ3v) is 7.69. The van der Waals surface area contributed by atoms with Crippen molar-refractivity contribution in [2.75, 3.05) is 20.2 Å². The van der Waals surface area contributed by atoms with Crippen molar-refractivity contribution in [1.82, 2.24) is 14.5 Å². The Hall–Kier alpha value is -2.78. The number of hydrogen-bond donors (Lipinski definition) is 0. The van der Waals surface area contributed by atoms with Crippen molar-refractivity contribution < 1.29 is 27.5 Å². The van der Waals surface area contributed by atoms with Gasteiger partial charge in [0.15, 0.2) is 0 Å². The highest BCUT2D eigenvalue weighted by Gasteiger charge is 2.32. The van der Waals surface area contributed by atoms with Crippen LogP contribution in [0.25, 0.3) is 10.9 Å². The zero-order chi connectivity index (χ0) is 27.1. The van der Waals surface area contributed by atoms with Crippen LogP contribution in [0.3, 0.4) is 0 Å². The highest BCUT2D eigenvalue weighted by atomic mass is 35.5. The zero-order valence-electron chi connectivity index (χ0n) is 20.6. The van der Waals surface area contributed by atoms with Crippen molar-refractivity contribution in [3.05, 3.63) is 62.5 Å². The largest absolute Gasteiger partial charge is 0.469 e. The van der Waals surface area contributed by atoms with Crippen LogP contribution in [0, 0.1) is 12.8 Å². The second-order valence-electron chi connectivity index (χ2n) is 9.40. The molecule has 37 heavy (non-hydrogen) atoms. The van der Waals surface area contributed by atoms with Gasteiger partial charge < -0.3 is 14.2 Å². The highest BCUT2D eigenvalue weighted by molar-refractivity contribution is 6.37. The summed E-state index contributed by atoms with van der Waals surface area (Å²) in [5, 5.41) is 0.968. The lowest BCUT2D eigenvalue weighted by Gasteiger charge is -2.31. The smallest absolute Gasteiger partial charge is 0.416 e. The van der Waals surface area contributed by atoms with Crippen LogP contribution in [-0.4, -0.2) is 46.5 Å². The van der Waals surface area contributed by atoms with Gasteiger partial charge in [-0.3, -0.25) is 9.59 Å². The van der Waals surface area contributed by atoms with E-state index in [1.165, 1.54) is 13.3 Å². The number of hydrogen-bond acceptors (Lipinski definition) is 4. The van der Waals surface area contributed by atoms with Crippen molar-refractivity contribution in [2.24, 2.45) is 13.0 Å². The Labute approximate surface area is 222 Å². The molecule has 0 bridgehead atoms. The molecular formula is C26H26Cl2F3N3O3. The van der Waals surface area contributed by atoms with Gasteiger partial charge in [0.2, 0.25) is 0 Å². The minimum atomic E-state index is -4.46. The molecule has 198 valence electrons. The second kappa shape index (κ2) is 10.5. The lowest BCUT2D eigenvalue weighted by atomic mass is 9.93. The quantitative estimate of drug-likeness (QED) is 0.277. The minimum Gasteiger partial charge on any atom is -0.469 e. The summed E-state index contributed by atoms with van der Waals surface area (Å²) in [6.45, 7) is 2.57. The van der Waals surface area contributed by atoms with E-state index >= 15 is 0 Å². The van der Waals surface area contributed by atoms with Crippen LogP contribution in [0.4, 0.5) is 13.2 Å². The summed E-state index contributed by atoms with van der Waals surface area (Å²) in [5.74, 6) is -0.396. The van der Waals surface area contributed by atoms with Crippen LogP contribution in [0.1, 0.15) is 51.9 Å². The number of rotatable bonds is 5. The summed E-state index contributed by atoms with van der Waals surface area (Å²) in [5.41, 5.74) is 1.56. The number of likely N-dealkylation sites (tertiary alicyclic amines) is 1. The van der Waals surface area contributed by atoms with E-state index in [9.17, 15) is 22.8 Å². The number of piperidine rings is 1. The Morgan fingerprint density at radius 1 is 1.19 bits per heavy atom. The minimum absolute atomic E-state index is 0.125. The number of esters is 1. The first-order valence-electron chi connectivity index (χ1n) is 11.7. The highest BCUT2D eigenvalue weighted by Crippen LogP contribution is 2.37. The van der Waals surface area contributed by atoms with E-state index in [1.807, 2.05) is 0 Å². The normalized spacial score (nSPS) is 14.9. The van der Waals surface area contributed by atoms with Crippen LogP contribution in [0.2, 0.25) is 10.2 Å². The van der Waals surface area contributed by atoms with Gasteiger partial charge in [-0.15, -0.1) is 0 Å². The average molecular weight is 556 g/mol. The van der Waals surface area contributed by atoms with Crippen LogP contribution < -0.4 is 0 Å². The Morgan fingerprint density at radius 3 is 2.49 bits per heavy atom. The fourth-order valence-corrected chi connectivity index (χ4v) is 5.50. The van der Waals surface area contributed by atoms with Gasteiger partial charge in [0.05, 0.1) is 23.3 Å². The van der Waals surface area contributed by atoms with Crippen molar-refractivity contribution in [2.45, 2.75) is 38.8 Å². The number of fused-ring (bicyclic) bond motifs is 1. The molecule has 1 fully saturated rings. The van der Waals surface area contributed by atoms with E-state index in [-0.39, 0.29) is 40.0 Å². The van der Waals surface area contributed by atoms with Gasteiger partial charge >= 0.3 is 12.1 Å². The first kappa shape index (κ1) is 27.3. The maximum Gasteiger partial charge on any atom is 0.416 e.